The SMILES string of the molecule is COc1ccc2c(c1)C(CO)(Nc1cccc(C)c1)CC2. The van der Waals surface area contributed by atoms with Gasteiger partial charge in [-0.3, -0.25) is 0 Å². The van der Waals surface area contributed by atoms with Crippen molar-refractivity contribution in [1.29, 1.82) is 0 Å². The van der Waals surface area contributed by atoms with Crippen LogP contribution in [0, 0.1) is 6.92 Å². The maximum Gasteiger partial charge on any atom is 0.119 e. The van der Waals surface area contributed by atoms with Crippen molar-refractivity contribution in [3.05, 3.63) is 59.2 Å². The fourth-order valence-electron chi connectivity index (χ4n) is 3.16. The van der Waals surface area contributed by atoms with Crippen LogP contribution in [0.2, 0.25) is 0 Å². The monoisotopic (exact) mass is 283 g/mol. The Bertz CT molecular complexity index is 653. The summed E-state index contributed by atoms with van der Waals surface area (Å²) in [6.45, 7) is 2.14. The van der Waals surface area contributed by atoms with E-state index >= 15 is 0 Å². The molecule has 0 radical (unpaired) electrons. The van der Waals surface area contributed by atoms with Crippen LogP contribution in [0.1, 0.15) is 23.1 Å². The number of ether oxygens (including phenoxy) is 1. The molecule has 2 aromatic carbocycles. The van der Waals surface area contributed by atoms with Gasteiger partial charge in [-0.15, -0.1) is 0 Å². The maximum atomic E-state index is 10.1. The normalized spacial score (nSPS) is 20.1. The lowest BCUT2D eigenvalue weighted by molar-refractivity contribution is 0.211. The molecular formula is C18H21NO2. The summed E-state index contributed by atoms with van der Waals surface area (Å²) in [5.41, 5.74) is 4.25. The molecule has 110 valence electrons. The lowest BCUT2D eigenvalue weighted by atomic mass is 9.92. The molecule has 0 amide bonds. The van der Waals surface area contributed by atoms with Gasteiger partial charge in [0.25, 0.3) is 0 Å². The fourth-order valence-corrected chi connectivity index (χ4v) is 3.16. The molecule has 3 heteroatoms. The highest BCUT2D eigenvalue weighted by Gasteiger charge is 2.38. The Morgan fingerprint density at radius 3 is 2.81 bits per heavy atom. The summed E-state index contributed by atoms with van der Waals surface area (Å²) in [5.74, 6) is 0.833. The number of nitrogens with one attached hydrogen (secondary N) is 1. The molecule has 0 saturated carbocycles. The van der Waals surface area contributed by atoms with Gasteiger partial charge in [0.2, 0.25) is 0 Å². The van der Waals surface area contributed by atoms with E-state index in [2.05, 4.69) is 30.4 Å². The molecule has 1 aliphatic rings. The Hall–Kier alpha value is -2.00. The van der Waals surface area contributed by atoms with Crippen molar-refractivity contribution in [2.75, 3.05) is 19.0 Å². The lowest BCUT2D eigenvalue weighted by Gasteiger charge is -2.31. The number of benzene rings is 2. The summed E-state index contributed by atoms with van der Waals surface area (Å²) in [4.78, 5) is 0. The molecule has 0 aromatic heterocycles. The second-order valence-corrected chi connectivity index (χ2v) is 5.76. The molecular weight excluding hydrogens is 262 g/mol. The highest BCUT2D eigenvalue weighted by atomic mass is 16.5. The fraction of sp³-hybridized carbons (Fsp3) is 0.333. The quantitative estimate of drug-likeness (QED) is 0.905. The predicted octanol–water partition coefficient (Wildman–Crippen LogP) is 3.25. The highest BCUT2D eigenvalue weighted by molar-refractivity contribution is 5.54. The Labute approximate surface area is 125 Å². The summed E-state index contributed by atoms with van der Waals surface area (Å²) in [6.07, 6.45) is 1.86. The van der Waals surface area contributed by atoms with Crippen molar-refractivity contribution in [1.82, 2.24) is 0 Å². The van der Waals surface area contributed by atoms with Gasteiger partial charge >= 0.3 is 0 Å². The number of hydrogen-bond acceptors (Lipinski definition) is 3. The summed E-state index contributed by atoms with van der Waals surface area (Å²) in [5, 5.41) is 13.6. The molecule has 21 heavy (non-hydrogen) atoms. The van der Waals surface area contributed by atoms with Crippen LogP contribution >= 0.6 is 0 Å². The van der Waals surface area contributed by atoms with E-state index < -0.39 is 5.54 Å². The van der Waals surface area contributed by atoms with Crippen LogP contribution in [-0.2, 0) is 12.0 Å². The second kappa shape index (κ2) is 5.41. The Morgan fingerprint density at radius 2 is 2.10 bits per heavy atom. The summed E-state index contributed by atoms with van der Waals surface area (Å²) in [7, 11) is 1.67. The van der Waals surface area contributed by atoms with Gasteiger partial charge in [-0.25, -0.2) is 0 Å². The molecule has 0 saturated heterocycles. The Morgan fingerprint density at radius 1 is 1.24 bits per heavy atom. The van der Waals surface area contributed by atoms with Crippen molar-refractivity contribution in [3.8, 4) is 5.75 Å². The van der Waals surface area contributed by atoms with E-state index in [1.807, 2.05) is 24.3 Å². The van der Waals surface area contributed by atoms with E-state index in [1.165, 1.54) is 11.1 Å². The van der Waals surface area contributed by atoms with E-state index in [4.69, 9.17) is 4.74 Å². The first-order chi connectivity index (χ1) is 10.2. The van der Waals surface area contributed by atoms with Gasteiger partial charge in [-0.2, -0.15) is 0 Å². The summed E-state index contributed by atoms with van der Waals surface area (Å²) in [6, 6.07) is 14.4. The first-order valence-corrected chi connectivity index (χ1v) is 7.30. The van der Waals surface area contributed by atoms with Gasteiger partial charge in [-0.05, 0) is 60.7 Å². The number of aliphatic hydroxyl groups is 1. The standard InChI is InChI=1S/C18H21NO2/c1-13-4-3-5-15(10-13)19-18(12-20)9-8-14-6-7-16(21-2)11-17(14)18/h3-7,10-11,19-20H,8-9,12H2,1-2H3. The predicted molar refractivity (Wildman–Crippen MR) is 84.9 cm³/mol. The van der Waals surface area contributed by atoms with Gasteiger partial charge in [0.05, 0.1) is 19.3 Å². The van der Waals surface area contributed by atoms with Crippen molar-refractivity contribution in [2.45, 2.75) is 25.3 Å². The molecule has 0 heterocycles. The second-order valence-electron chi connectivity index (χ2n) is 5.76. The third-order valence-corrected chi connectivity index (χ3v) is 4.33. The minimum absolute atomic E-state index is 0.0705. The molecule has 3 rings (SSSR count). The molecule has 2 N–H and O–H groups in total. The van der Waals surface area contributed by atoms with E-state index in [0.717, 1.165) is 29.8 Å². The Kier molecular flexibility index (Phi) is 3.60. The first-order valence-electron chi connectivity index (χ1n) is 7.30. The molecule has 0 spiro atoms. The van der Waals surface area contributed by atoms with Gasteiger partial charge in [0.15, 0.2) is 0 Å². The van der Waals surface area contributed by atoms with E-state index in [-0.39, 0.29) is 6.61 Å². The molecule has 3 nitrogen and oxygen atoms in total. The number of methoxy groups -OCH3 is 1. The van der Waals surface area contributed by atoms with Crippen LogP contribution in [-0.4, -0.2) is 18.8 Å². The summed E-state index contributed by atoms with van der Waals surface area (Å²) < 4.78 is 5.34. The van der Waals surface area contributed by atoms with Crippen molar-refractivity contribution < 1.29 is 9.84 Å². The first kappa shape index (κ1) is 14.0. The van der Waals surface area contributed by atoms with Crippen LogP contribution in [0.5, 0.6) is 5.75 Å². The summed E-state index contributed by atoms with van der Waals surface area (Å²) >= 11 is 0. The number of hydrogen-bond donors (Lipinski definition) is 2. The molecule has 0 aliphatic heterocycles. The van der Waals surface area contributed by atoms with Crippen LogP contribution in [0.15, 0.2) is 42.5 Å². The Balaban J connectivity index is 2.00. The van der Waals surface area contributed by atoms with Gasteiger partial charge in [-0.1, -0.05) is 18.2 Å². The minimum atomic E-state index is -0.419. The number of anilines is 1. The maximum absolute atomic E-state index is 10.1. The largest absolute Gasteiger partial charge is 0.497 e. The van der Waals surface area contributed by atoms with Crippen LogP contribution < -0.4 is 10.1 Å². The van der Waals surface area contributed by atoms with Crippen molar-refractivity contribution >= 4 is 5.69 Å². The molecule has 2 aromatic rings. The average Bonchev–Trinajstić information content (AvgIpc) is 2.86. The zero-order valence-corrected chi connectivity index (χ0v) is 12.5. The van der Waals surface area contributed by atoms with Crippen molar-refractivity contribution in [3.63, 3.8) is 0 Å². The third kappa shape index (κ3) is 2.49. The lowest BCUT2D eigenvalue weighted by Crippen LogP contribution is -2.36. The van der Waals surface area contributed by atoms with E-state index in [9.17, 15) is 5.11 Å². The van der Waals surface area contributed by atoms with Gasteiger partial charge in [0, 0.05) is 5.69 Å². The number of fused-ring (bicyclic) bond motifs is 1. The minimum Gasteiger partial charge on any atom is -0.497 e. The molecule has 1 unspecified atom stereocenters. The van der Waals surface area contributed by atoms with Gasteiger partial charge < -0.3 is 15.2 Å². The zero-order chi connectivity index (χ0) is 14.9. The molecule has 0 fully saturated rings. The third-order valence-electron chi connectivity index (χ3n) is 4.33. The number of rotatable bonds is 4. The topological polar surface area (TPSA) is 41.5 Å². The number of aryl methyl sites for hydroxylation is 2. The van der Waals surface area contributed by atoms with Crippen LogP contribution in [0.25, 0.3) is 0 Å². The van der Waals surface area contributed by atoms with Crippen LogP contribution in [0.4, 0.5) is 5.69 Å². The molecule has 0 bridgehead atoms. The average molecular weight is 283 g/mol. The zero-order valence-electron chi connectivity index (χ0n) is 12.5. The molecule has 1 aliphatic carbocycles. The van der Waals surface area contributed by atoms with Gasteiger partial charge in [0.1, 0.15) is 5.75 Å². The van der Waals surface area contributed by atoms with Crippen LogP contribution in [0.3, 0.4) is 0 Å². The smallest absolute Gasteiger partial charge is 0.119 e. The molecule has 1 atom stereocenters. The number of aliphatic hydroxyl groups excluding tert-OH is 1. The van der Waals surface area contributed by atoms with Crippen molar-refractivity contribution in [2.24, 2.45) is 0 Å². The van der Waals surface area contributed by atoms with E-state index in [1.54, 1.807) is 7.11 Å². The highest BCUT2D eigenvalue weighted by Crippen LogP contribution is 2.41. The van der Waals surface area contributed by atoms with E-state index in [0.29, 0.717) is 0 Å².